The highest BCUT2D eigenvalue weighted by Gasteiger charge is 2.41. The molecule has 2 heterocycles. The first-order chi connectivity index (χ1) is 11.3. The quantitative estimate of drug-likeness (QED) is 0.713. The summed E-state index contributed by atoms with van der Waals surface area (Å²) in [6.45, 7) is 1.85. The summed E-state index contributed by atoms with van der Waals surface area (Å²) in [5.74, 6) is -1.85. The Kier molecular flexibility index (Phi) is 5.97. The molecule has 24 heavy (non-hydrogen) atoms. The van der Waals surface area contributed by atoms with Crippen LogP contribution >= 0.6 is 11.3 Å². The van der Waals surface area contributed by atoms with Crippen molar-refractivity contribution in [2.45, 2.75) is 36.1 Å². The van der Waals surface area contributed by atoms with Gasteiger partial charge in [0.2, 0.25) is 5.91 Å². The standard InChI is InChI=1S/C14H20N2O6S2/c1-9-5-6-12(23-9)24(20,21)16-7-3-4-11(16)13(17)15-10(8-22-2)14(18)19/h5-6,10-11H,3-4,7-8H2,1-2H3,(H,15,17)(H,18,19). The maximum Gasteiger partial charge on any atom is 0.328 e. The molecule has 8 nitrogen and oxygen atoms in total. The molecule has 0 aliphatic carbocycles. The lowest BCUT2D eigenvalue weighted by Gasteiger charge is -2.24. The number of sulfonamides is 1. The lowest BCUT2D eigenvalue weighted by Crippen LogP contribution is -2.52. The monoisotopic (exact) mass is 376 g/mol. The minimum atomic E-state index is -3.77. The molecule has 0 spiro atoms. The molecule has 0 bridgehead atoms. The fraction of sp³-hybridized carbons (Fsp3) is 0.571. The van der Waals surface area contributed by atoms with Gasteiger partial charge in [0.05, 0.1) is 6.61 Å². The molecule has 1 aliphatic heterocycles. The summed E-state index contributed by atoms with van der Waals surface area (Å²) in [6, 6.07) is 1.11. The number of nitrogens with one attached hydrogen (secondary N) is 1. The van der Waals surface area contributed by atoms with E-state index in [1.807, 2.05) is 0 Å². The van der Waals surface area contributed by atoms with Crippen LogP contribution in [0.25, 0.3) is 0 Å². The molecule has 1 aromatic rings. The predicted molar refractivity (Wildman–Crippen MR) is 87.4 cm³/mol. The predicted octanol–water partition coefficient (Wildman–Crippen LogP) is 0.425. The first kappa shape index (κ1) is 18.8. The zero-order chi connectivity index (χ0) is 17.9. The maximum atomic E-state index is 12.7. The van der Waals surface area contributed by atoms with Crippen LogP contribution in [0.3, 0.4) is 0 Å². The summed E-state index contributed by atoms with van der Waals surface area (Å²) in [4.78, 5) is 24.4. The number of carbonyl (C=O) groups is 2. The normalized spacial score (nSPS) is 20.0. The van der Waals surface area contributed by atoms with Crippen LogP contribution in [0, 0.1) is 6.92 Å². The molecule has 1 amide bonds. The number of methoxy groups -OCH3 is 1. The van der Waals surface area contributed by atoms with Crippen LogP contribution in [0.4, 0.5) is 0 Å². The fourth-order valence-corrected chi connectivity index (χ4v) is 5.63. The third-order valence-corrected chi connectivity index (χ3v) is 7.11. The number of carbonyl (C=O) groups excluding carboxylic acids is 1. The first-order valence-electron chi connectivity index (χ1n) is 7.37. The first-order valence-corrected chi connectivity index (χ1v) is 9.63. The number of hydrogen-bond acceptors (Lipinski definition) is 6. The van der Waals surface area contributed by atoms with Gasteiger partial charge in [0.1, 0.15) is 10.3 Å². The second kappa shape index (κ2) is 7.60. The van der Waals surface area contributed by atoms with Gasteiger partial charge >= 0.3 is 5.97 Å². The molecule has 134 valence electrons. The Bertz CT molecular complexity index is 715. The number of amides is 1. The number of hydrogen-bond donors (Lipinski definition) is 2. The number of nitrogens with zero attached hydrogens (tertiary/aromatic N) is 1. The van der Waals surface area contributed by atoms with Crippen molar-refractivity contribution in [1.82, 2.24) is 9.62 Å². The van der Waals surface area contributed by atoms with Gasteiger partial charge in [-0.25, -0.2) is 13.2 Å². The molecular weight excluding hydrogens is 356 g/mol. The van der Waals surface area contributed by atoms with Gasteiger partial charge in [-0.15, -0.1) is 11.3 Å². The van der Waals surface area contributed by atoms with Crippen LogP contribution in [0.2, 0.25) is 0 Å². The second-order valence-corrected chi connectivity index (χ2v) is 8.90. The Morgan fingerprint density at radius 2 is 2.21 bits per heavy atom. The number of rotatable bonds is 7. The van der Waals surface area contributed by atoms with E-state index in [4.69, 9.17) is 9.84 Å². The number of thiophene rings is 1. The number of aliphatic carboxylic acids is 1. The van der Waals surface area contributed by atoms with Crippen LogP contribution in [-0.2, 0) is 24.3 Å². The molecule has 2 atom stereocenters. The van der Waals surface area contributed by atoms with Gasteiger partial charge < -0.3 is 15.2 Å². The van der Waals surface area contributed by atoms with E-state index in [2.05, 4.69) is 5.32 Å². The van der Waals surface area contributed by atoms with Crippen molar-refractivity contribution in [3.05, 3.63) is 17.0 Å². The summed E-state index contributed by atoms with van der Waals surface area (Å²) in [6.07, 6.45) is 0.901. The summed E-state index contributed by atoms with van der Waals surface area (Å²) < 4.78 is 31.6. The molecule has 10 heteroatoms. The zero-order valence-corrected chi connectivity index (χ0v) is 15.0. The van der Waals surface area contributed by atoms with E-state index >= 15 is 0 Å². The average Bonchev–Trinajstić information content (AvgIpc) is 3.15. The number of ether oxygens (including phenoxy) is 1. The molecule has 0 aromatic carbocycles. The van der Waals surface area contributed by atoms with E-state index in [-0.39, 0.29) is 17.4 Å². The Hall–Kier alpha value is -1.49. The van der Waals surface area contributed by atoms with Gasteiger partial charge in [-0.3, -0.25) is 4.79 Å². The summed E-state index contributed by atoms with van der Waals surface area (Å²) in [5.41, 5.74) is 0. The smallest absolute Gasteiger partial charge is 0.328 e. The third-order valence-electron chi connectivity index (χ3n) is 3.73. The van der Waals surface area contributed by atoms with Crippen molar-refractivity contribution in [3.8, 4) is 0 Å². The lowest BCUT2D eigenvalue weighted by molar-refractivity contribution is -0.143. The van der Waals surface area contributed by atoms with Gasteiger partial charge in [-0.2, -0.15) is 4.31 Å². The van der Waals surface area contributed by atoms with E-state index in [9.17, 15) is 18.0 Å². The van der Waals surface area contributed by atoms with Crippen LogP contribution in [0.5, 0.6) is 0 Å². The van der Waals surface area contributed by atoms with Crippen molar-refractivity contribution >= 4 is 33.2 Å². The van der Waals surface area contributed by atoms with Gasteiger partial charge in [-0.1, -0.05) is 0 Å². The molecule has 2 N–H and O–H groups in total. The number of aryl methyl sites for hydroxylation is 1. The lowest BCUT2D eigenvalue weighted by atomic mass is 10.2. The van der Waals surface area contributed by atoms with Gasteiger partial charge in [0, 0.05) is 18.5 Å². The van der Waals surface area contributed by atoms with Crippen LogP contribution < -0.4 is 5.32 Å². The van der Waals surface area contributed by atoms with Crippen molar-refractivity contribution in [2.24, 2.45) is 0 Å². The largest absolute Gasteiger partial charge is 0.480 e. The van der Waals surface area contributed by atoms with Crippen molar-refractivity contribution in [2.75, 3.05) is 20.3 Å². The van der Waals surface area contributed by atoms with E-state index in [0.717, 1.165) is 20.5 Å². The molecule has 1 fully saturated rings. The van der Waals surface area contributed by atoms with E-state index in [0.29, 0.717) is 12.8 Å². The third kappa shape index (κ3) is 3.94. The molecule has 1 aliphatic rings. The minimum absolute atomic E-state index is 0.186. The highest BCUT2D eigenvalue weighted by Crippen LogP contribution is 2.30. The van der Waals surface area contributed by atoms with Gasteiger partial charge in [0.15, 0.2) is 6.04 Å². The Morgan fingerprint density at radius 3 is 2.75 bits per heavy atom. The highest BCUT2D eigenvalue weighted by molar-refractivity contribution is 7.91. The molecule has 2 rings (SSSR count). The molecule has 1 aromatic heterocycles. The Labute approximate surface area is 144 Å². The number of carboxylic acid groups (broad SMARTS) is 1. The fourth-order valence-electron chi connectivity index (χ4n) is 2.57. The summed E-state index contributed by atoms with van der Waals surface area (Å²) >= 11 is 1.15. The molecule has 1 saturated heterocycles. The topological polar surface area (TPSA) is 113 Å². The van der Waals surface area contributed by atoms with Gasteiger partial charge in [-0.05, 0) is 31.9 Å². The maximum absolute atomic E-state index is 12.7. The zero-order valence-electron chi connectivity index (χ0n) is 13.4. The molecular formula is C14H20N2O6S2. The average molecular weight is 376 g/mol. The minimum Gasteiger partial charge on any atom is -0.480 e. The van der Waals surface area contributed by atoms with Crippen LogP contribution in [0.15, 0.2) is 16.3 Å². The van der Waals surface area contributed by atoms with Crippen LogP contribution in [0.1, 0.15) is 17.7 Å². The molecule has 0 saturated carbocycles. The van der Waals surface area contributed by atoms with Gasteiger partial charge in [0.25, 0.3) is 10.0 Å². The summed E-state index contributed by atoms with van der Waals surface area (Å²) in [7, 11) is -2.44. The number of carboxylic acids is 1. The van der Waals surface area contributed by atoms with Crippen molar-refractivity contribution in [1.29, 1.82) is 0 Å². The van der Waals surface area contributed by atoms with E-state index in [1.165, 1.54) is 13.2 Å². The van der Waals surface area contributed by atoms with Crippen molar-refractivity contribution in [3.63, 3.8) is 0 Å². The second-order valence-electron chi connectivity index (χ2n) is 5.49. The summed E-state index contributed by atoms with van der Waals surface area (Å²) in [5, 5.41) is 11.4. The SMILES string of the molecule is COCC(NC(=O)C1CCCN1S(=O)(=O)c1ccc(C)s1)C(=O)O. The van der Waals surface area contributed by atoms with Crippen molar-refractivity contribution < 1.29 is 27.9 Å². The highest BCUT2D eigenvalue weighted by atomic mass is 32.2. The molecule has 2 unspecified atom stereocenters. The molecule has 0 radical (unpaired) electrons. The Morgan fingerprint density at radius 1 is 1.50 bits per heavy atom. The Balaban J connectivity index is 2.18. The van der Waals surface area contributed by atoms with E-state index in [1.54, 1.807) is 13.0 Å². The van der Waals surface area contributed by atoms with Crippen LogP contribution in [-0.4, -0.2) is 62.1 Å². The van der Waals surface area contributed by atoms with E-state index < -0.39 is 34.0 Å².